The number of hydrogen-bond donors (Lipinski definition) is 2. The second-order valence-corrected chi connectivity index (χ2v) is 8.19. The fraction of sp³-hybridized carbons (Fsp3) is 0.0333. The lowest BCUT2D eigenvalue weighted by molar-refractivity contribution is -0.120. The summed E-state index contributed by atoms with van der Waals surface area (Å²) in [5, 5.41) is 6.25. The van der Waals surface area contributed by atoms with Crippen LogP contribution in [-0.4, -0.2) is 36.5 Å². The van der Waals surface area contributed by atoms with E-state index in [9.17, 15) is 23.6 Å². The molecule has 0 aromatic heterocycles. The predicted octanol–water partition coefficient (Wildman–Crippen LogP) is 4.14. The van der Waals surface area contributed by atoms with E-state index in [4.69, 9.17) is 9.47 Å². The molecular formula is C30H22FN3O6. The lowest BCUT2D eigenvalue weighted by atomic mass is 10.2. The summed E-state index contributed by atoms with van der Waals surface area (Å²) in [5.74, 6) is -2.80. The van der Waals surface area contributed by atoms with Crippen LogP contribution in [0.4, 0.5) is 4.39 Å². The van der Waals surface area contributed by atoms with E-state index in [0.29, 0.717) is 16.7 Å². The second kappa shape index (κ2) is 13.2. The standard InChI is InChI=1S/C30H22FN3O6/c31-24-14-11-20(12-15-24)28(36)32-19-27(35)34-33-18-23-13-16-25(39-29(37)21-7-3-1-4-8-21)17-26(23)40-30(38)22-9-5-2-6-10-22/h1-18H,19H2,(H,32,36)(H,34,35). The van der Waals surface area contributed by atoms with Crippen molar-refractivity contribution in [1.82, 2.24) is 10.7 Å². The van der Waals surface area contributed by atoms with Crippen LogP contribution in [-0.2, 0) is 4.79 Å². The number of hydrogen-bond acceptors (Lipinski definition) is 7. The summed E-state index contributed by atoms with van der Waals surface area (Å²) in [4.78, 5) is 49.4. The number of carbonyl (C=O) groups excluding carboxylic acids is 4. The monoisotopic (exact) mass is 539 g/mol. The van der Waals surface area contributed by atoms with Gasteiger partial charge in [0.05, 0.1) is 23.9 Å². The van der Waals surface area contributed by atoms with Crippen LogP contribution in [0.25, 0.3) is 0 Å². The molecule has 0 atom stereocenters. The first-order valence-electron chi connectivity index (χ1n) is 11.9. The van der Waals surface area contributed by atoms with E-state index in [2.05, 4.69) is 15.8 Å². The predicted molar refractivity (Wildman–Crippen MR) is 144 cm³/mol. The third-order valence-corrected chi connectivity index (χ3v) is 5.33. The van der Waals surface area contributed by atoms with Gasteiger partial charge in [0.15, 0.2) is 0 Å². The minimum Gasteiger partial charge on any atom is -0.423 e. The number of nitrogens with one attached hydrogen (secondary N) is 2. The molecule has 0 fully saturated rings. The maximum Gasteiger partial charge on any atom is 0.343 e. The van der Waals surface area contributed by atoms with Gasteiger partial charge in [-0.15, -0.1) is 0 Å². The van der Waals surface area contributed by atoms with E-state index < -0.39 is 36.1 Å². The Morgan fingerprint density at radius 3 is 1.95 bits per heavy atom. The topological polar surface area (TPSA) is 123 Å². The van der Waals surface area contributed by atoms with Gasteiger partial charge in [-0.2, -0.15) is 5.10 Å². The van der Waals surface area contributed by atoms with Crippen LogP contribution >= 0.6 is 0 Å². The number of hydrazone groups is 1. The average molecular weight is 540 g/mol. The van der Waals surface area contributed by atoms with E-state index in [1.165, 1.54) is 36.5 Å². The first kappa shape index (κ1) is 27.4. The van der Waals surface area contributed by atoms with Gasteiger partial charge >= 0.3 is 11.9 Å². The molecule has 0 aliphatic rings. The molecule has 4 aromatic carbocycles. The summed E-state index contributed by atoms with van der Waals surface area (Å²) in [6.07, 6.45) is 1.23. The number of esters is 2. The molecule has 0 heterocycles. The number of nitrogens with zero attached hydrogens (tertiary/aromatic N) is 1. The molecule has 0 unspecified atom stereocenters. The van der Waals surface area contributed by atoms with E-state index in [1.807, 2.05) is 0 Å². The minimum atomic E-state index is -0.658. The van der Waals surface area contributed by atoms with Crippen molar-refractivity contribution in [2.75, 3.05) is 6.54 Å². The zero-order valence-corrected chi connectivity index (χ0v) is 20.9. The summed E-state index contributed by atoms with van der Waals surface area (Å²) in [6, 6.07) is 25.8. The fourth-order valence-electron chi connectivity index (χ4n) is 3.32. The zero-order valence-electron chi connectivity index (χ0n) is 20.9. The van der Waals surface area contributed by atoms with E-state index in [1.54, 1.807) is 60.7 Å². The fourth-order valence-corrected chi connectivity index (χ4v) is 3.32. The molecule has 0 radical (unpaired) electrons. The number of amides is 2. The first-order chi connectivity index (χ1) is 19.4. The van der Waals surface area contributed by atoms with Crippen molar-refractivity contribution < 1.29 is 33.0 Å². The van der Waals surface area contributed by atoms with Crippen molar-refractivity contribution in [3.05, 3.63) is 131 Å². The van der Waals surface area contributed by atoms with Gasteiger partial charge in [0.25, 0.3) is 11.8 Å². The van der Waals surface area contributed by atoms with Crippen molar-refractivity contribution in [2.45, 2.75) is 0 Å². The highest BCUT2D eigenvalue weighted by molar-refractivity contribution is 5.97. The van der Waals surface area contributed by atoms with E-state index >= 15 is 0 Å². The molecule has 2 amide bonds. The average Bonchev–Trinajstić information content (AvgIpc) is 2.98. The Kier molecular flexibility index (Phi) is 9.07. The Morgan fingerprint density at radius 1 is 0.725 bits per heavy atom. The first-order valence-corrected chi connectivity index (χ1v) is 11.9. The Morgan fingerprint density at radius 2 is 1.32 bits per heavy atom. The molecule has 200 valence electrons. The Bertz CT molecular complexity index is 1540. The summed E-state index contributed by atoms with van der Waals surface area (Å²) >= 11 is 0. The van der Waals surface area contributed by atoms with Crippen molar-refractivity contribution >= 4 is 30.0 Å². The van der Waals surface area contributed by atoms with E-state index in [-0.39, 0.29) is 17.1 Å². The van der Waals surface area contributed by atoms with Gasteiger partial charge in [-0.1, -0.05) is 36.4 Å². The highest BCUT2D eigenvalue weighted by Crippen LogP contribution is 2.25. The molecule has 9 nitrogen and oxygen atoms in total. The van der Waals surface area contributed by atoms with Gasteiger partial charge in [0, 0.05) is 17.2 Å². The molecule has 0 spiro atoms. The molecule has 0 bridgehead atoms. The lowest BCUT2D eigenvalue weighted by Gasteiger charge is -2.10. The van der Waals surface area contributed by atoms with Crippen LogP contribution in [0.2, 0.25) is 0 Å². The van der Waals surface area contributed by atoms with Crippen LogP contribution < -0.4 is 20.2 Å². The Labute approximate surface area is 228 Å². The molecular weight excluding hydrogens is 517 g/mol. The molecule has 0 saturated carbocycles. The van der Waals surface area contributed by atoms with Crippen LogP contribution in [0.15, 0.2) is 108 Å². The molecule has 40 heavy (non-hydrogen) atoms. The second-order valence-electron chi connectivity index (χ2n) is 8.19. The number of ether oxygens (including phenoxy) is 2. The van der Waals surface area contributed by atoms with Gasteiger partial charge in [-0.25, -0.2) is 19.4 Å². The van der Waals surface area contributed by atoms with Gasteiger partial charge in [-0.3, -0.25) is 9.59 Å². The zero-order chi connectivity index (χ0) is 28.3. The molecule has 2 N–H and O–H groups in total. The molecule has 0 saturated heterocycles. The number of carbonyl (C=O) groups is 4. The highest BCUT2D eigenvalue weighted by Gasteiger charge is 2.15. The molecule has 4 aromatic rings. The number of halogens is 1. The molecule has 0 aliphatic carbocycles. The van der Waals surface area contributed by atoms with E-state index in [0.717, 1.165) is 12.1 Å². The summed E-state index contributed by atoms with van der Waals surface area (Å²) in [5.41, 5.74) is 3.37. The van der Waals surface area contributed by atoms with Gasteiger partial charge < -0.3 is 14.8 Å². The lowest BCUT2D eigenvalue weighted by Crippen LogP contribution is -2.34. The maximum atomic E-state index is 13.0. The highest BCUT2D eigenvalue weighted by atomic mass is 19.1. The van der Waals surface area contributed by atoms with Crippen molar-refractivity contribution in [2.24, 2.45) is 5.10 Å². The molecule has 10 heteroatoms. The SMILES string of the molecule is O=C(CNC(=O)c1ccc(F)cc1)NN=Cc1ccc(OC(=O)c2ccccc2)cc1OC(=O)c1ccccc1. The summed E-state index contributed by atoms with van der Waals surface area (Å²) in [7, 11) is 0. The van der Waals surface area contributed by atoms with Crippen LogP contribution in [0.3, 0.4) is 0 Å². The van der Waals surface area contributed by atoms with Gasteiger partial charge in [-0.05, 0) is 60.7 Å². The summed E-state index contributed by atoms with van der Waals surface area (Å²) in [6.45, 7) is -0.391. The molecule has 4 rings (SSSR count). The van der Waals surface area contributed by atoms with Crippen LogP contribution in [0.5, 0.6) is 11.5 Å². The number of benzene rings is 4. The van der Waals surface area contributed by atoms with Crippen molar-refractivity contribution in [1.29, 1.82) is 0 Å². The third-order valence-electron chi connectivity index (χ3n) is 5.33. The normalized spacial score (nSPS) is 10.5. The Balaban J connectivity index is 1.44. The van der Waals surface area contributed by atoms with Gasteiger partial charge in [0.2, 0.25) is 0 Å². The maximum absolute atomic E-state index is 13.0. The van der Waals surface area contributed by atoms with Gasteiger partial charge in [0.1, 0.15) is 17.3 Å². The molecule has 0 aliphatic heterocycles. The minimum absolute atomic E-state index is 0.0230. The van der Waals surface area contributed by atoms with Crippen molar-refractivity contribution in [3.63, 3.8) is 0 Å². The third kappa shape index (κ3) is 7.68. The van der Waals surface area contributed by atoms with Crippen molar-refractivity contribution in [3.8, 4) is 11.5 Å². The quantitative estimate of drug-likeness (QED) is 0.143. The van der Waals surface area contributed by atoms with Crippen LogP contribution in [0.1, 0.15) is 36.6 Å². The largest absolute Gasteiger partial charge is 0.423 e. The number of rotatable bonds is 9. The summed E-state index contributed by atoms with van der Waals surface area (Å²) < 4.78 is 24.0. The smallest absolute Gasteiger partial charge is 0.343 e. The Hall–Kier alpha value is -5.64. The van der Waals surface area contributed by atoms with Crippen LogP contribution in [0, 0.1) is 5.82 Å².